The maximum atomic E-state index is 4.86. The summed E-state index contributed by atoms with van der Waals surface area (Å²) < 4.78 is 0. The Balaban J connectivity index is 2.17. The van der Waals surface area contributed by atoms with Crippen LogP contribution in [-0.2, 0) is 6.42 Å². The molecule has 0 fully saturated rings. The zero-order valence-corrected chi connectivity index (χ0v) is 12.6. The van der Waals surface area contributed by atoms with Crippen LogP contribution in [-0.4, -0.2) is 19.9 Å². The number of rotatable bonds is 2. The van der Waals surface area contributed by atoms with Crippen molar-refractivity contribution in [2.45, 2.75) is 20.3 Å². The number of pyridine rings is 2. The second-order valence-corrected chi connectivity index (χ2v) is 5.95. The molecule has 0 N–H and O–H groups in total. The average molecular weight is 288 g/mol. The van der Waals surface area contributed by atoms with Gasteiger partial charge in [0.15, 0.2) is 0 Å². The third-order valence-corrected chi connectivity index (χ3v) is 3.81. The largest absolute Gasteiger partial charge is 0.254 e. The highest BCUT2D eigenvalue weighted by molar-refractivity contribution is 6.20. The van der Waals surface area contributed by atoms with Crippen molar-refractivity contribution in [2.24, 2.45) is 5.92 Å². The zero-order valence-electron chi connectivity index (χ0n) is 12.6. The summed E-state index contributed by atoms with van der Waals surface area (Å²) in [4.78, 5) is 18.4. The third kappa shape index (κ3) is 1.99. The molecule has 22 heavy (non-hydrogen) atoms. The van der Waals surface area contributed by atoms with Gasteiger partial charge in [0.1, 0.15) is 0 Å². The molecule has 0 saturated heterocycles. The molecule has 0 amide bonds. The predicted molar refractivity (Wildman–Crippen MR) is 88.7 cm³/mol. The van der Waals surface area contributed by atoms with Crippen molar-refractivity contribution in [1.82, 2.24) is 19.9 Å². The smallest absolute Gasteiger partial charge is 0.0991 e. The van der Waals surface area contributed by atoms with E-state index in [1.165, 1.54) is 0 Å². The Hall–Kier alpha value is -2.62. The van der Waals surface area contributed by atoms with E-state index in [1.54, 1.807) is 18.6 Å². The van der Waals surface area contributed by atoms with Gasteiger partial charge in [-0.2, -0.15) is 0 Å². The van der Waals surface area contributed by atoms with Gasteiger partial charge in [0, 0.05) is 35.1 Å². The first-order valence-electron chi connectivity index (χ1n) is 7.51. The predicted octanol–water partition coefficient (Wildman–Crippen LogP) is 3.92. The molecule has 0 spiro atoms. The Bertz CT molecular complexity index is 957. The highest BCUT2D eigenvalue weighted by atomic mass is 14.8. The molecule has 0 aliphatic rings. The van der Waals surface area contributed by atoms with Crippen LogP contribution in [0.1, 0.15) is 19.5 Å². The van der Waals surface area contributed by atoms with Crippen molar-refractivity contribution < 1.29 is 0 Å². The summed E-state index contributed by atoms with van der Waals surface area (Å²) in [6, 6.07) is 8.16. The molecule has 0 aliphatic heterocycles. The van der Waals surface area contributed by atoms with Gasteiger partial charge in [-0.05, 0) is 36.6 Å². The summed E-state index contributed by atoms with van der Waals surface area (Å²) in [5.74, 6) is 0.574. The number of hydrogen-bond acceptors (Lipinski definition) is 4. The molecular formula is C18H16N4. The van der Waals surface area contributed by atoms with Crippen molar-refractivity contribution in [3.63, 3.8) is 0 Å². The van der Waals surface area contributed by atoms with Crippen LogP contribution in [0.15, 0.2) is 42.9 Å². The molecular weight excluding hydrogens is 272 g/mol. The van der Waals surface area contributed by atoms with Crippen molar-refractivity contribution in [2.75, 3.05) is 0 Å². The number of hydrogen-bond donors (Lipinski definition) is 0. The molecule has 0 bridgehead atoms. The molecule has 3 aromatic heterocycles. The van der Waals surface area contributed by atoms with E-state index in [2.05, 4.69) is 40.9 Å². The van der Waals surface area contributed by atoms with Crippen LogP contribution in [0.2, 0.25) is 0 Å². The first-order chi connectivity index (χ1) is 10.7. The summed E-state index contributed by atoms with van der Waals surface area (Å²) in [6.45, 7) is 4.40. The molecule has 0 aliphatic carbocycles. The van der Waals surface area contributed by atoms with E-state index in [1.807, 2.05) is 12.1 Å². The first-order valence-corrected chi connectivity index (χ1v) is 7.51. The number of aromatic nitrogens is 4. The minimum atomic E-state index is 0.574. The fourth-order valence-electron chi connectivity index (χ4n) is 2.92. The Morgan fingerprint density at radius 3 is 2.14 bits per heavy atom. The summed E-state index contributed by atoms with van der Waals surface area (Å²) in [5, 5.41) is 2.02. The molecule has 4 rings (SSSR count). The van der Waals surface area contributed by atoms with Crippen molar-refractivity contribution in [1.29, 1.82) is 0 Å². The van der Waals surface area contributed by atoms with Gasteiger partial charge in [0.2, 0.25) is 0 Å². The van der Waals surface area contributed by atoms with Crippen LogP contribution in [0.25, 0.3) is 32.8 Å². The highest BCUT2D eigenvalue weighted by Crippen LogP contribution is 2.30. The molecule has 0 saturated carbocycles. The molecule has 4 aromatic rings. The number of fused-ring (bicyclic) bond motifs is 6. The topological polar surface area (TPSA) is 51.6 Å². The van der Waals surface area contributed by atoms with E-state index in [9.17, 15) is 0 Å². The third-order valence-electron chi connectivity index (χ3n) is 3.81. The molecule has 108 valence electrons. The zero-order chi connectivity index (χ0) is 15.1. The first kappa shape index (κ1) is 13.1. The van der Waals surface area contributed by atoms with Crippen LogP contribution in [0.3, 0.4) is 0 Å². The van der Waals surface area contributed by atoms with Gasteiger partial charge in [-0.25, -0.2) is 0 Å². The Kier molecular flexibility index (Phi) is 2.96. The van der Waals surface area contributed by atoms with Crippen LogP contribution in [0.5, 0.6) is 0 Å². The lowest BCUT2D eigenvalue weighted by Gasteiger charge is -2.09. The fourth-order valence-corrected chi connectivity index (χ4v) is 2.92. The Morgan fingerprint density at radius 1 is 0.773 bits per heavy atom. The second kappa shape index (κ2) is 4.98. The maximum Gasteiger partial charge on any atom is 0.0991 e. The van der Waals surface area contributed by atoms with Crippen LogP contribution < -0.4 is 0 Å². The molecule has 0 unspecified atom stereocenters. The summed E-state index contributed by atoms with van der Waals surface area (Å²) >= 11 is 0. The standard InChI is InChI=1S/C18H16N4/c1-11(2)10-12-5-6-14-16-15(20-8-9-21-16)13-4-3-7-19-17(13)18(14)22-12/h3-9,11H,10H2,1-2H3. The lowest BCUT2D eigenvalue weighted by Crippen LogP contribution is -1.99. The van der Waals surface area contributed by atoms with Crippen molar-refractivity contribution in [3.05, 3.63) is 48.5 Å². The van der Waals surface area contributed by atoms with E-state index in [-0.39, 0.29) is 0 Å². The molecule has 1 aromatic carbocycles. The van der Waals surface area contributed by atoms with Crippen molar-refractivity contribution >= 4 is 32.8 Å². The maximum absolute atomic E-state index is 4.86. The average Bonchev–Trinajstić information content (AvgIpc) is 2.54. The van der Waals surface area contributed by atoms with Gasteiger partial charge in [-0.3, -0.25) is 19.9 Å². The van der Waals surface area contributed by atoms with Crippen LogP contribution in [0, 0.1) is 5.92 Å². The van der Waals surface area contributed by atoms with E-state index in [0.29, 0.717) is 5.92 Å². The Labute approximate surface area is 128 Å². The normalized spacial score (nSPS) is 11.8. The SMILES string of the molecule is CC(C)Cc1ccc2c3nccnc3c3cccnc3c2n1. The van der Waals surface area contributed by atoms with Gasteiger partial charge in [0.25, 0.3) is 0 Å². The van der Waals surface area contributed by atoms with Crippen LogP contribution >= 0.6 is 0 Å². The monoisotopic (exact) mass is 288 g/mol. The van der Waals surface area contributed by atoms with E-state index >= 15 is 0 Å². The van der Waals surface area contributed by atoms with Gasteiger partial charge in [-0.15, -0.1) is 0 Å². The molecule has 3 heterocycles. The molecule has 4 heteroatoms. The molecule has 4 nitrogen and oxygen atoms in total. The molecule has 0 atom stereocenters. The second-order valence-electron chi connectivity index (χ2n) is 5.95. The number of nitrogens with zero attached hydrogens (tertiary/aromatic N) is 4. The molecule has 0 radical (unpaired) electrons. The lowest BCUT2D eigenvalue weighted by atomic mass is 10.0. The summed E-state index contributed by atoms with van der Waals surface area (Å²) in [5.41, 5.74) is 4.69. The van der Waals surface area contributed by atoms with Crippen molar-refractivity contribution in [3.8, 4) is 0 Å². The van der Waals surface area contributed by atoms with E-state index in [0.717, 1.165) is 45.0 Å². The quantitative estimate of drug-likeness (QED) is 0.524. The van der Waals surface area contributed by atoms with E-state index < -0.39 is 0 Å². The minimum absolute atomic E-state index is 0.574. The van der Waals surface area contributed by atoms with Gasteiger partial charge >= 0.3 is 0 Å². The summed E-state index contributed by atoms with van der Waals surface area (Å²) in [6.07, 6.45) is 6.22. The lowest BCUT2D eigenvalue weighted by molar-refractivity contribution is 0.637. The van der Waals surface area contributed by atoms with Gasteiger partial charge in [-0.1, -0.05) is 13.8 Å². The fraction of sp³-hybridized carbons (Fsp3) is 0.222. The van der Waals surface area contributed by atoms with Gasteiger partial charge < -0.3 is 0 Å². The van der Waals surface area contributed by atoms with Crippen LogP contribution in [0.4, 0.5) is 0 Å². The number of benzene rings is 1. The van der Waals surface area contributed by atoms with E-state index in [4.69, 9.17) is 4.98 Å². The minimum Gasteiger partial charge on any atom is -0.254 e. The van der Waals surface area contributed by atoms with Gasteiger partial charge in [0.05, 0.1) is 22.1 Å². The Morgan fingerprint density at radius 2 is 1.41 bits per heavy atom. The summed E-state index contributed by atoms with van der Waals surface area (Å²) in [7, 11) is 0. The highest BCUT2D eigenvalue weighted by Gasteiger charge is 2.12.